The van der Waals surface area contributed by atoms with E-state index in [9.17, 15) is 0 Å². The average molecular weight is 739 g/mol. The van der Waals surface area contributed by atoms with E-state index >= 15 is 0 Å². The second kappa shape index (κ2) is 11.8. The first-order valence-corrected chi connectivity index (χ1v) is 20.0. The molecule has 0 saturated heterocycles. The molecule has 58 heavy (non-hydrogen) atoms. The maximum atomic E-state index is 2.51. The molecule has 0 spiro atoms. The van der Waals surface area contributed by atoms with E-state index in [1.54, 1.807) is 0 Å². The number of para-hydroxylation sites is 6. The van der Waals surface area contributed by atoms with Crippen molar-refractivity contribution in [2.24, 2.45) is 0 Å². The lowest BCUT2D eigenvalue weighted by atomic mass is 10.1. The third-order valence-corrected chi connectivity index (χ3v) is 12.3. The van der Waals surface area contributed by atoms with Gasteiger partial charge < -0.3 is 18.3 Å². The van der Waals surface area contributed by atoms with Crippen LogP contribution in [0.4, 0.5) is 0 Å². The molecule has 0 radical (unpaired) electrons. The molecule has 0 unspecified atom stereocenters. The van der Waals surface area contributed by atoms with Crippen molar-refractivity contribution in [3.05, 3.63) is 206 Å². The highest BCUT2D eigenvalue weighted by molar-refractivity contribution is 6.24. The first-order chi connectivity index (χ1) is 28.8. The zero-order valence-electron chi connectivity index (χ0n) is 31.4. The normalized spacial score (nSPS) is 12.1. The molecule has 0 saturated carbocycles. The summed E-state index contributed by atoms with van der Waals surface area (Å²) in [6.45, 7) is 0. The summed E-state index contributed by atoms with van der Waals surface area (Å²) in [5.41, 5.74) is 14.1. The van der Waals surface area contributed by atoms with Crippen LogP contribution < -0.4 is 0 Å². The molecule has 0 fully saturated rings. The molecule has 270 valence electrons. The van der Waals surface area contributed by atoms with E-state index in [4.69, 9.17) is 0 Å². The summed E-state index contributed by atoms with van der Waals surface area (Å²) in [6.07, 6.45) is 0. The van der Waals surface area contributed by atoms with Crippen molar-refractivity contribution in [2.45, 2.75) is 0 Å². The number of benzene rings is 9. The fourth-order valence-electron chi connectivity index (χ4n) is 9.94. The molecule has 13 rings (SSSR count). The Hall–Kier alpha value is -7.82. The predicted octanol–water partition coefficient (Wildman–Crippen LogP) is 14.1. The van der Waals surface area contributed by atoms with Crippen LogP contribution >= 0.6 is 0 Å². The molecule has 13 aromatic rings. The zero-order valence-corrected chi connectivity index (χ0v) is 31.4. The number of fused-ring (bicyclic) bond motifs is 13. The van der Waals surface area contributed by atoms with Crippen molar-refractivity contribution in [3.63, 3.8) is 0 Å². The summed E-state index contributed by atoms with van der Waals surface area (Å²) >= 11 is 0. The molecule has 0 aliphatic carbocycles. The SMILES string of the molecule is c1ccc(-n2c3ccccc3c3ccc(-n4c5ccccc5c5ccc6c7ccccc7n(-c7ccc8c9ccccc9n(-c9ccccc9)c8c7)c6c54)cc32)cc1. The molecular formula is C54H34N4. The van der Waals surface area contributed by atoms with Crippen LogP contribution in [0, 0.1) is 0 Å². The van der Waals surface area contributed by atoms with Gasteiger partial charge in [-0.15, -0.1) is 0 Å². The predicted molar refractivity (Wildman–Crippen MR) is 244 cm³/mol. The van der Waals surface area contributed by atoms with Gasteiger partial charge in [-0.3, -0.25) is 0 Å². The van der Waals surface area contributed by atoms with E-state index in [0.29, 0.717) is 0 Å². The van der Waals surface area contributed by atoms with Crippen LogP contribution in [0.1, 0.15) is 0 Å². The molecule has 4 heterocycles. The monoisotopic (exact) mass is 738 g/mol. The quantitative estimate of drug-likeness (QED) is 0.171. The maximum Gasteiger partial charge on any atom is 0.0788 e. The summed E-state index contributed by atoms with van der Waals surface area (Å²) < 4.78 is 9.84. The second-order valence-corrected chi connectivity index (χ2v) is 15.3. The Morgan fingerprint density at radius 3 is 0.879 bits per heavy atom. The van der Waals surface area contributed by atoms with E-state index in [1.807, 2.05) is 0 Å². The highest BCUT2D eigenvalue weighted by Gasteiger charge is 2.23. The molecule has 4 aromatic heterocycles. The average Bonchev–Trinajstić information content (AvgIpc) is 4.01. The van der Waals surface area contributed by atoms with Crippen LogP contribution in [0.15, 0.2) is 206 Å². The minimum absolute atomic E-state index is 1.13. The van der Waals surface area contributed by atoms with Crippen molar-refractivity contribution < 1.29 is 0 Å². The second-order valence-electron chi connectivity index (χ2n) is 15.3. The van der Waals surface area contributed by atoms with Crippen molar-refractivity contribution in [1.29, 1.82) is 0 Å². The van der Waals surface area contributed by atoms with E-state index in [2.05, 4.69) is 225 Å². The Kier molecular flexibility index (Phi) is 6.41. The summed E-state index contributed by atoms with van der Waals surface area (Å²) in [4.78, 5) is 0. The fourth-order valence-corrected chi connectivity index (χ4v) is 9.94. The molecule has 0 atom stereocenters. The van der Waals surface area contributed by atoms with Crippen molar-refractivity contribution >= 4 is 87.2 Å². The number of aromatic nitrogens is 4. The lowest BCUT2D eigenvalue weighted by Gasteiger charge is -2.14. The number of rotatable bonds is 4. The van der Waals surface area contributed by atoms with Gasteiger partial charge in [0.1, 0.15) is 0 Å². The Morgan fingerprint density at radius 2 is 0.483 bits per heavy atom. The van der Waals surface area contributed by atoms with Gasteiger partial charge >= 0.3 is 0 Å². The first-order valence-electron chi connectivity index (χ1n) is 20.0. The molecular weight excluding hydrogens is 705 g/mol. The molecule has 0 N–H and O–H groups in total. The van der Waals surface area contributed by atoms with Gasteiger partial charge in [-0.1, -0.05) is 133 Å². The summed E-state index contributed by atoms with van der Waals surface area (Å²) in [7, 11) is 0. The molecule has 0 aliphatic heterocycles. The minimum Gasteiger partial charge on any atom is -0.309 e. The highest BCUT2D eigenvalue weighted by Crippen LogP contribution is 2.43. The Bertz CT molecular complexity index is 3530. The topological polar surface area (TPSA) is 19.7 Å². The van der Waals surface area contributed by atoms with Crippen molar-refractivity contribution in [1.82, 2.24) is 18.3 Å². The number of hydrogen-bond donors (Lipinski definition) is 0. The summed E-state index contributed by atoms with van der Waals surface area (Å²) in [5, 5.41) is 9.92. The van der Waals surface area contributed by atoms with Crippen LogP contribution in [0.5, 0.6) is 0 Å². The van der Waals surface area contributed by atoms with Gasteiger partial charge in [-0.2, -0.15) is 0 Å². The Balaban J connectivity index is 1.17. The minimum atomic E-state index is 1.13. The van der Waals surface area contributed by atoms with E-state index in [-0.39, 0.29) is 0 Å². The van der Waals surface area contributed by atoms with E-state index in [0.717, 1.165) is 22.7 Å². The van der Waals surface area contributed by atoms with Gasteiger partial charge in [0.25, 0.3) is 0 Å². The fraction of sp³-hybridized carbons (Fsp3) is 0. The van der Waals surface area contributed by atoms with Crippen molar-refractivity contribution in [3.8, 4) is 22.7 Å². The van der Waals surface area contributed by atoms with E-state index in [1.165, 1.54) is 87.2 Å². The smallest absolute Gasteiger partial charge is 0.0788 e. The lowest BCUT2D eigenvalue weighted by Crippen LogP contribution is -2.00. The van der Waals surface area contributed by atoms with Crippen LogP contribution in [-0.4, -0.2) is 18.3 Å². The van der Waals surface area contributed by atoms with Crippen LogP contribution in [0.2, 0.25) is 0 Å². The van der Waals surface area contributed by atoms with Gasteiger partial charge in [-0.25, -0.2) is 0 Å². The van der Waals surface area contributed by atoms with Gasteiger partial charge in [0.05, 0.1) is 44.1 Å². The molecule has 0 bridgehead atoms. The van der Waals surface area contributed by atoms with Crippen LogP contribution in [0.3, 0.4) is 0 Å². The zero-order chi connectivity index (χ0) is 37.9. The van der Waals surface area contributed by atoms with Gasteiger partial charge in [0, 0.05) is 65.8 Å². The summed E-state index contributed by atoms with van der Waals surface area (Å²) in [6, 6.07) is 75.5. The molecule has 0 aliphatic rings. The van der Waals surface area contributed by atoms with Crippen molar-refractivity contribution in [2.75, 3.05) is 0 Å². The molecule has 4 nitrogen and oxygen atoms in total. The van der Waals surface area contributed by atoms with Crippen LogP contribution in [-0.2, 0) is 0 Å². The summed E-state index contributed by atoms with van der Waals surface area (Å²) in [5.74, 6) is 0. The third kappa shape index (κ3) is 4.23. The van der Waals surface area contributed by atoms with Gasteiger partial charge in [0.2, 0.25) is 0 Å². The van der Waals surface area contributed by atoms with Gasteiger partial charge in [-0.05, 0) is 72.8 Å². The Labute approximate surface area is 333 Å². The van der Waals surface area contributed by atoms with Gasteiger partial charge in [0.15, 0.2) is 0 Å². The standard InChI is InChI=1S/C54H34N4/c1-3-15-35(16-4-1)55-47-23-11-7-19-39(47)43-29-27-37(33-51(43)55)57-49-25-13-9-21-41(49)45-31-32-46-42-22-10-14-26-50(42)58(54(46)53(45)57)38-28-30-44-40-20-8-12-24-48(40)56(52(44)34-38)36-17-5-2-6-18-36/h1-34H. The highest BCUT2D eigenvalue weighted by atomic mass is 15.1. The third-order valence-electron chi connectivity index (χ3n) is 12.3. The first kappa shape index (κ1) is 31.4. The van der Waals surface area contributed by atoms with Crippen LogP contribution in [0.25, 0.3) is 110 Å². The maximum absolute atomic E-state index is 2.51. The largest absolute Gasteiger partial charge is 0.309 e. The molecule has 9 aromatic carbocycles. The molecule has 0 amide bonds. The molecule has 4 heteroatoms. The van der Waals surface area contributed by atoms with E-state index < -0.39 is 0 Å². The lowest BCUT2D eigenvalue weighted by molar-refractivity contribution is 1.14. The number of nitrogens with zero attached hydrogens (tertiary/aromatic N) is 4. The Morgan fingerprint density at radius 1 is 0.190 bits per heavy atom. The number of hydrogen-bond acceptors (Lipinski definition) is 0.